The molecule has 1 unspecified atom stereocenters. The van der Waals surface area contributed by atoms with Gasteiger partial charge in [-0.1, -0.05) is 19.1 Å². The first kappa shape index (κ1) is 12.5. The number of hydrogen-bond acceptors (Lipinski definition) is 3. The van der Waals surface area contributed by atoms with Gasteiger partial charge in [0.2, 0.25) is 0 Å². The van der Waals surface area contributed by atoms with Crippen LogP contribution in [0.15, 0.2) is 24.3 Å². The van der Waals surface area contributed by atoms with Gasteiger partial charge in [0.1, 0.15) is 5.75 Å². The fraction of sp³-hybridized carbons (Fsp3) is 0.417. The minimum atomic E-state index is -0.979. The van der Waals surface area contributed by atoms with E-state index in [4.69, 9.17) is 15.6 Å². The highest BCUT2D eigenvalue weighted by molar-refractivity contribution is 5.72. The van der Waals surface area contributed by atoms with E-state index in [0.717, 1.165) is 12.0 Å². The maximum Gasteiger partial charge on any atom is 0.344 e. The van der Waals surface area contributed by atoms with Gasteiger partial charge in [-0.3, -0.25) is 0 Å². The van der Waals surface area contributed by atoms with Gasteiger partial charge in [-0.15, -0.1) is 0 Å². The molecule has 0 saturated heterocycles. The molecule has 0 bridgehead atoms. The Kier molecular flexibility index (Phi) is 4.79. The molecular weight excluding hydrogens is 206 g/mol. The second kappa shape index (κ2) is 6.12. The van der Waals surface area contributed by atoms with Gasteiger partial charge in [0, 0.05) is 6.42 Å². The van der Waals surface area contributed by atoms with Crippen molar-refractivity contribution >= 4 is 5.97 Å². The lowest BCUT2D eigenvalue weighted by molar-refractivity contribution is -0.145. The number of rotatable bonds is 6. The van der Waals surface area contributed by atoms with E-state index in [1.807, 2.05) is 25.1 Å². The van der Waals surface area contributed by atoms with Crippen LogP contribution in [0.4, 0.5) is 0 Å². The van der Waals surface area contributed by atoms with Gasteiger partial charge in [-0.25, -0.2) is 4.79 Å². The molecule has 1 atom stereocenters. The number of carbonyl (C=O) groups is 1. The van der Waals surface area contributed by atoms with Crippen molar-refractivity contribution in [3.8, 4) is 5.75 Å². The minimum absolute atomic E-state index is 0.296. The zero-order valence-electron chi connectivity index (χ0n) is 9.35. The lowest BCUT2D eigenvalue weighted by Gasteiger charge is -2.14. The molecule has 0 aliphatic heterocycles. The van der Waals surface area contributed by atoms with Gasteiger partial charge in [-0.05, 0) is 30.7 Å². The average molecular weight is 223 g/mol. The van der Waals surface area contributed by atoms with Crippen molar-refractivity contribution < 1.29 is 14.6 Å². The molecule has 1 rings (SSSR count). The maximum atomic E-state index is 10.9. The quantitative estimate of drug-likeness (QED) is 0.765. The first-order valence-corrected chi connectivity index (χ1v) is 5.35. The number of nitrogens with two attached hydrogens (primary N) is 1. The number of ether oxygens (including phenoxy) is 1. The number of carboxylic acids is 1. The number of carboxylic acid groups (broad SMARTS) is 1. The maximum absolute atomic E-state index is 10.9. The third-order valence-corrected chi connectivity index (χ3v) is 2.29. The van der Waals surface area contributed by atoms with Crippen LogP contribution in [0.1, 0.15) is 18.9 Å². The van der Waals surface area contributed by atoms with E-state index in [2.05, 4.69) is 0 Å². The molecule has 0 fully saturated rings. The summed E-state index contributed by atoms with van der Waals surface area (Å²) in [5.41, 5.74) is 6.45. The summed E-state index contributed by atoms with van der Waals surface area (Å²) in [4.78, 5) is 10.9. The average Bonchev–Trinajstić information content (AvgIpc) is 2.28. The molecule has 1 aromatic carbocycles. The number of aryl methyl sites for hydroxylation is 1. The van der Waals surface area contributed by atoms with Crippen molar-refractivity contribution in [1.82, 2.24) is 0 Å². The Bertz CT molecular complexity index is 352. The van der Waals surface area contributed by atoms with Gasteiger partial charge >= 0.3 is 5.97 Å². The molecule has 16 heavy (non-hydrogen) atoms. The van der Waals surface area contributed by atoms with Crippen LogP contribution in [0.5, 0.6) is 5.75 Å². The van der Waals surface area contributed by atoms with Crippen LogP contribution in [-0.2, 0) is 11.2 Å². The smallest absolute Gasteiger partial charge is 0.344 e. The van der Waals surface area contributed by atoms with E-state index in [1.165, 1.54) is 0 Å². The topological polar surface area (TPSA) is 72.5 Å². The van der Waals surface area contributed by atoms with E-state index in [-0.39, 0.29) is 0 Å². The predicted molar refractivity (Wildman–Crippen MR) is 61.5 cm³/mol. The lowest BCUT2D eigenvalue weighted by Crippen LogP contribution is -2.29. The third kappa shape index (κ3) is 3.55. The van der Waals surface area contributed by atoms with Crippen LogP contribution in [-0.4, -0.2) is 23.7 Å². The minimum Gasteiger partial charge on any atom is -0.479 e. The van der Waals surface area contributed by atoms with Crippen LogP contribution in [0.2, 0.25) is 0 Å². The monoisotopic (exact) mass is 223 g/mol. The molecule has 4 heteroatoms. The zero-order chi connectivity index (χ0) is 12.0. The lowest BCUT2D eigenvalue weighted by atomic mass is 10.1. The molecule has 3 N–H and O–H groups in total. The Morgan fingerprint density at radius 2 is 2.31 bits per heavy atom. The molecule has 4 nitrogen and oxygen atoms in total. The fourth-order valence-electron chi connectivity index (χ4n) is 1.39. The predicted octanol–water partition coefficient (Wildman–Crippen LogP) is 1.43. The first-order chi connectivity index (χ1) is 7.67. The van der Waals surface area contributed by atoms with Crippen molar-refractivity contribution in [3.05, 3.63) is 29.8 Å². The molecule has 0 aliphatic rings. The van der Waals surface area contributed by atoms with Gasteiger partial charge in [0.15, 0.2) is 6.10 Å². The molecule has 0 aromatic heterocycles. The molecular formula is C12H17NO3. The second-order valence-corrected chi connectivity index (χ2v) is 3.52. The van der Waals surface area contributed by atoms with Crippen molar-refractivity contribution in [1.29, 1.82) is 0 Å². The SMILES string of the molecule is CCc1cccc(OC(CCN)C(=O)O)c1. The second-order valence-electron chi connectivity index (χ2n) is 3.52. The molecule has 0 saturated carbocycles. The van der Waals surface area contributed by atoms with Crippen LogP contribution in [0, 0.1) is 0 Å². The summed E-state index contributed by atoms with van der Waals surface area (Å²) in [7, 11) is 0. The Morgan fingerprint density at radius 3 is 2.88 bits per heavy atom. The first-order valence-electron chi connectivity index (χ1n) is 5.35. The molecule has 0 aliphatic carbocycles. The highest BCUT2D eigenvalue weighted by atomic mass is 16.5. The summed E-state index contributed by atoms with van der Waals surface area (Å²) in [5.74, 6) is -0.396. The normalized spacial score (nSPS) is 12.1. The van der Waals surface area contributed by atoms with Crippen LogP contribution in [0.3, 0.4) is 0 Å². The molecule has 0 amide bonds. The largest absolute Gasteiger partial charge is 0.479 e. The molecule has 0 spiro atoms. The summed E-state index contributed by atoms with van der Waals surface area (Å²) in [6.07, 6.45) is 0.342. The van der Waals surface area contributed by atoms with E-state index in [9.17, 15) is 4.79 Å². The van der Waals surface area contributed by atoms with Gasteiger partial charge in [-0.2, -0.15) is 0 Å². The fourth-order valence-corrected chi connectivity index (χ4v) is 1.39. The van der Waals surface area contributed by atoms with E-state index < -0.39 is 12.1 Å². The summed E-state index contributed by atoms with van der Waals surface area (Å²) in [5, 5.41) is 8.91. The Balaban J connectivity index is 2.72. The zero-order valence-corrected chi connectivity index (χ0v) is 9.35. The summed E-state index contributed by atoms with van der Waals surface area (Å²) in [6, 6.07) is 7.44. The standard InChI is InChI=1S/C12H17NO3/c1-2-9-4-3-5-10(8-9)16-11(6-7-13)12(14)15/h3-5,8,11H,2,6-7,13H2,1H3,(H,14,15). The Hall–Kier alpha value is -1.55. The summed E-state index contributed by atoms with van der Waals surface area (Å²) in [6.45, 7) is 2.33. The van der Waals surface area contributed by atoms with Gasteiger partial charge in [0.25, 0.3) is 0 Å². The molecule has 1 aromatic rings. The number of aliphatic carboxylic acids is 1. The van der Waals surface area contributed by atoms with Gasteiger partial charge < -0.3 is 15.6 Å². The van der Waals surface area contributed by atoms with Crippen molar-refractivity contribution in [2.75, 3.05) is 6.54 Å². The van der Waals surface area contributed by atoms with Crippen molar-refractivity contribution in [2.45, 2.75) is 25.9 Å². The highest BCUT2D eigenvalue weighted by Crippen LogP contribution is 2.16. The van der Waals surface area contributed by atoms with E-state index in [1.54, 1.807) is 6.07 Å². The molecule has 0 radical (unpaired) electrons. The number of benzene rings is 1. The van der Waals surface area contributed by atoms with Gasteiger partial charge in [0.05, 0.1) is 0 Å². The molecule has 0 heterocycles. The Morgan fingerprint density at radius 1 is 1.56 bits per heavy atom. The van der Waals surface area contributed by atoms with Crippen molar-refractivity contribution in [3.63, 3.8) is 0 Å². The Labute approximate surface area is 95.0 Å². The van der Waals surface area contributed by atoms with Crippen LogP contribution >= 0.6 is 0 Å². The van der Waals surface area contributed by atoms with E-state index >= 15 is 0 Å². The van der Waals surface area contributed by atoms with Crippen molar-refractivity contribution in [2.24, 2.45) is 5.73 Å². The summed E-state index contributed by atoms with van der Waals surface area (Å²) < 4.78 is 5.38. The van der Waals surface area contributed by atoms with Crippen LogP contribution < -0.4 is 10.5 Å². The third-order valence-electron chi connectivity index (χ3n) is 2.29. The van der Waals surface area contributed by atoms with Crippen LogP contribution in [0.25, 0.3) is 0 Å². The van der Waals surface area contributed by atoms with E-state index in [0.29, 0.717) is 18.7 Å². The number of hydrogen-bond donors (Lipinski definition) is 2. The molecule has 88 valence electrons. The highest BCUT2D eigenvalue weighted by Gasteiger charge is 2.18. The summed E-state index contributed by atoms with van der Waals surface area (Å²) >= 11 is 0.